The van der Waals surface area contributed by atoms with E-state index in [-0.39, 0.29) is 23.6 Å². The molecule has 2 heterocycles. The van der Waals surface area contributed by atoms with E-state index in [2.05, 4.69) is 0 Å². The van der Waals surface area contributed by atoms with Gasteiger partial charge in [0.05, 0.1) is 6.54 Å². The molecule has 0 fully saturated rings. The van der Waals surface area contributed by atoms with Gasteiger partial charge >= 0.3 is 11.3 Å². The van der Waals surface area contributed by atoms with Gasteiger partial charge in [0.15, 0.2) is 5.78 Å². The number of aryl methyl sites for hydroxylation is 1. The molecule has 140 valence electrons. The van der Waals surface area contributed by atoms with Crippen LogP contribution >= 0.6 is 0 Å². The first-order valence-electron chi connectivity index (χ1n) is 8.35. The second-order valence-electron chi connectivity index (χ2n) is 5.93. The number of nitrogens with zero attached hydrogens (tertiary/aromatic N) is 2. The number of hydrogen-bond acceptors (Lipinski definition) is 6. The van der Waals surface area contributed by atoms with E-state index in [0.29, 0.717) is 17.5 Å². The summed E-state index contributed by atoms with van der Waals surface area (Å²) < 4.78 is 12.0. The summed E-state index contributed by atoms with van der Waals surface area (Å²) in [4.78, 5) is 50.1. The number of fused-ring (bicyclic) bond motifs is 1. The fraction of sp³-hybridized carbons (Fsp3) is 0.263. The van der Waals surface area contributed by atoms with Crippen LogP contribution in [0.5, 0.6) is 0 Å². The minimum absolute atomic E-state index is 0.0922. The smallest absolute Gasteiger partial charge is 0.337 e. The van der Waals surface area contributed by atoms with E-state index in [1.165, 1.54) is 13.2 Å². The number of carbonyl (C=O) groups is 1. The minimum Gasteiger partial charge on any atom is -0.405 e. The highest BCUT2D eigenvalue weighted by Gasteiger charge is 2.20. The van der Waals surface area contributed by atoms with Crippen LogP contribution < -0.4 is 16.9 Å². The number of carbonyl (C=O) groups excluding carboxylic acids is 1. The predicted octanol–water partition coefficient (Wildman–Crippen LogP) is 1.17. The molecule has 0 amide bonds. The van der Waals surface area contributed by atoms with Crippen molar-refractivity contribution in [2.45, 2.75) is 26.6 Å². The maximum absolute atomic E-state index is 13.0. The zero-order valence-electron chi connectivity index (χ0n) is 14.9. The van der Waals surface area contributed by atoms with Gasteiger partial charge in [-0.3, -0.25) is 14.2 Å². The van der Waals surface area contributed by atoms with E-state index < -0.39 is 23.4 Å². The molecule has 0 atom stereocenters. The first-order chi connectivity index (χ1) is 13.0. The Morgan fingerprint density at radius 3 is 2.44 bits per heavy atom. The van der Waals surface area contributed by atoms with Crippen molar-refractivity contribution >= 4 is 16.9 Å². The summed E-state index contributed by atoms with van der Waals surface area (Å²) >= 11 is 0. The maximum Gasteiger partial charge on any atom is 0.337 e. The molecule has 0 aliphatic heterocycles. The van der Waals surface area contributed by atoms with Gasteiger partial charge in [-0.05, 0) is 12.0 Å². The third kappa shape index (κ3) is 3.39. The van der Waals surface area contributed by atoms with Crippen LogP contribution in [0, 0.1) is 0 Å². The average Bonchev–Trinajstić information content (AvgIpc) is 2.68. The van der Waals surface area contributed by atoms with E-state index in [4.69, 9.17) is 9.15 Å². The third-order valence-electron chi connectivity index (χ3n) is 4.23. The summed E-state index contributed by atoms with van der Waals surface area (Å²) in [6, 6.07) is 9.60. The summed E-state index contributed by atoms with van der Waals surface area (Å²) in [6.07, 6.45) is 0.384. The number of ketones is 1. The molecule has 0 bridgehead atoms. The van der Waals surface area contributed by atoms with Crippen molar-refractivity contribution < 1.29 is 13.9 Å². The number of aromatic nitrogens is 2. The summed E-state index contributed by atoms with van der Waals surface area (Å²) in [6.45, 7) is 1.12. The molecule has 3 rings (SSSR count). The Labute approximate surface area is 153 Å². The van der Waals surface area contributed by atoms with E-state index >= 15 is 0 Å². The van der Waals surface area contributed by atoms with Crippen LogP contribution in [0.3, 0.4) is 0 Å². The largest absolute Gasteiger partial charge is 0.405 e. The van der Waals surface area contributed by atoms with Crippen molar-refractivity contribution in [2.75, 3.05) is 7.11 Å². The number of benzene rings is 1. The van der Waals surface area contributed by atoms with Gasteiger partial charge in [-0.2, -0.15) is 0 Å². The highest BCUT2D eigenvalue weighted by molar-refractivity contribution is 5.96. The molecule has 0 radical (unpaired) electrons. The Morgan fingerprint density at radius 2 is 1.81 bits per heavy atom. The molecular weight excluding hydrogens is 352 g/mol. The molecule has 8 heteroatoms. The lowest BCUT2D eigenvalue weighted by Crippen LogP contribution is -2.42. The quantitative estimate of drug-likeness (QED) is 0.604. The van der Waals surface area contributed by atoms with Crippen LogP contribution in [-0.4, -0.2) is 22.0 Å². The van der Waals surface area contributed by atoms with Gasteiger partial charge in [0.2, 0.25) is 5.71 Å². The maximum atomic E-state index is 13.0. The molecular formula is C19H18N2O6. The van der Waals surface area contributed by atoms with Crippen molar-refractivity contribution in [1.82, 2.24) is 9.13 Å². The fourth-order valence-electron chi connectivity index (χ4n) is 2.92. The van der Waals surface area contributed by atoms with Crippen LogP contribution in [0.25, 0.3) is 11.1 Å². The molecule has 0 N–H and O–H groups in total. The molecule has 27 heavy (non-hydrogen) atoms. The monoisotopic (exact) mass is 370 g/mol. The van der Waals surface area contributed by atoms with Gasteiger partial charge in [-0.15, -0.1) is 0 Å². The predicted molar refractivity (Wildman–Crippen MR) is 98.2 cm³/mol. The van der Waals surface area contributed by atoms with Crippen LogP contribution in [-0.2, 0) is 24.4 Å². The summed E-state index contributed by atoms with van der Waals surface area (Å²) in [5.74, 6) is -0.381. The first kappa shape index (κ1) is 18.5. The SMILES string of the molecule is CCc1cc(=O)oc2c1c(=O)n(CC(=O)c1ccccc1)c(=O)n2COC. The number of hydrogen-bond donors (Lipinski definition) is 0. The Balaban J connectivity index is 2.29. The van der Waals surface area contributed by atoms with Crippen molar-refractivity contribution in [3.8, 4) is 0 Å². The Hall–Kier alpha value is -3.26. The van der Waals surface area contributed by atoms with E-state index in [0.717, 1.165) is 9.13 Å². The summed E-state index contributed by atoms with van der Waals surface area (Å²) in [7, 11) is 1.37. The lowest BCUT2D eigenvalue weighted by atomic mass is 10.1. The molecule has 0 spiro atoms. The van der Waals surface area contributed by atoms with E-state index in [1.54, 1.807) is 37.3 Å². The third-order valence-corrected chi connectivity index (χ3v) is 4.23. The normalized spacial score (nSPS) is 11.0. The topological polar surface area (TPSA) is 101 Å². The van der Waals surface area contributed by atoms with Crippen LogP contribution in [0.1, 0.15) is 22.8 Å². The number of methoxy groups -OCH3 is 1. The highest BCUT2D eigenvalue weighted by Crippen LogP contribution is 2.12. The lowest BCUT2D eigenvalue weighted by molar-refractivity contribution is 0.0963. The van der Waals surface area contributed by atoms with Gasteiger partial charge in [0, 0.05) is 18.7 Å². The van der Waals surface area contributed by atoms with Gasteiger partial charge in [-0.1, -0.05) is 37.3 Å². The first-order valence-corrected chi connectivity index (χ1v) is 8.35. The van der Waals surface area contributed by atoms with Crippen molar-refractivity contribution in [3.63, 3.8) is 0 Å². The van der Waals surface area contributed by atoms with Crippen molar-refractivity contribution in [1.29, 1.82) is 0 Å². The molecule has 0 unspecified atom stereocenters. The zero-order chi connectivity index (χ0) is 19.6. The number of Topliss-reactive ketones (excluding diaryl/α,β-unsaturated/α-hetero) is 1. The second-order valence-corrected chi connectivity index (χ2v) is 5.93. The van der Waals surface area contributed by atoms with Gasteiger partial charge < -0.3 is 9.15 Å². The zero-order valence-corrected chi connectivity index (χ0v) is 14.9. The molecule has 1 aromatic carbocycles. The van der Waals surface area contributed by atoms with Gasteiger partial charge in [-0.25, -0.2) is 14.2 Å². The van der Waals surface area contributed by atoms with Crippen molar-refractivity contribution in [3.05, 3.63) is 78.8 Å². The molecule has 0 aliphatic rings. The van der Waals surface area contributed by atoms with E-state index in [9.17, 15) is 19.2 Å². The minimum atomic E-state index is -0.782. The molecule has 3 aromatic rings. The van der Waals surface area contributed by atoms with Gasteiger partial charge in [0.1, 0.15) is 12.1 Å². The standard InChI is InChI=1S/C19H18N2O6/c1-3-12-9-15(23)27-18-16(12)17(24)20(19(25)21(18)11-26-2)10-14(22)13-7-5-4-6-8-13/h4-9H,3,10-11H2,1-2H3. The number of ether oxygens (including phenoxy) is 1. The number of rotatable bonds is 6. The Morgan fingerprint density at radius 1 is 1.11 bits per heavy atom. The van der Waals surface area contributed by atoms with Crippen LogP contribution in [0.15, 0.2) is 55.2 Å². The van der Waals surface area contributed by atoms with Crippen molar-refractivity contribution in [2.24, 2.45) is 0 Å². The average molecular weight is 370 g/mol. The molecule has 0 saturated carbocycles. The Bertz CT molecular complexity index is 1170. The summed E-state index contributed by atoms with van der Waals surface area (Å²) in [5.41, 5.74) is -1.45. The Kier molecular flexibility index (Phi) is 5.18. The van der Waals surface area contributed by atoms with Crippen LogP contribution in [0.2, 0.25) is 0 Å². The molecule has 8 nitrogen and oxygen atoms in total. The van der Waals surface area contributed by atoms with Gasteiger partial charge in [0.25, 0.3) is 5.56 Å². The fourth-order valence-corrected chi connectivity index (χ4v) is 2.92. The highest BCUT2D eigenvalue weighted by atomic mass is 16.5. The summed E-state index contributed by atoms with van der Waals surface area (Å²) in [5, 5.41) is 0.0922. The molecule has 0 aliphatic carbocycles. The molecule has 2 aromatic heterocycles. The lowest BCUT2D eigenvalue weighted by Gasteiger charge is -2.13. The molecule has 0 saturated heterocycles. The second kappa shape index (κ2) is 7.55. The van der Waals surface area contributed by atoms with E-state index in [1.807, 2.05) is 0 Å². The van der Waals surface area contributed by atoms with Crippen LogP contribution in [0.4, 0.5) is 0 Å².